The first-order chi connectivity index (χ1) is 10.4. The number of rotatable bonds is 4. The smallest absolute Gasteiger partial charge is 0.290 e. The minimum Gasteiger partial charge on any atom is -0.483 e. The summed E-state index contributed by atoms with van der Waals surface area (Å²) in [6, 6.07) is 0. The fourth-order valence-corrected chi connectivity index (χ4v) is 3.34. The normalized spacial score (nSPS) is 19.0. The van der Waals surface area contributed by atoms with Crippen molar-refractivity contribution >= 4 is 18.3 Å². The van der Waals surface area contributed by atoms with Crippen molar-refractivity contribution in [3.63, 3.8) is 0 Å². The summed E-state index contributed by atoms with van der Waals surface area (Å²) in [6.45, 7) is 8.54. The van der Waals surface area contributed by atoms with Crippen molar-refractivity contribution in [3.05, 3.63) is 0 Å². The maximum Gasteiger partial charge on any atom is 0.290 e. The molecule has 7 heteroatoms. The molecule has 1 rings (SSSR count). The van der Waals surface area contributed by atoms with Gasteiger partial charge in [-0.25, -0.2) is 0 Å². The van der Waals surface area contributed by atoms with Crippen LogP contribution in [0.2, 0.25) is 0 Å². The van der Waals surface area contributed by atoms with Gasteiger partial charge in [-0.3, -0.25) is 14.4 Å². The molecule has 0 spiro atoms. The van der Waals surface area contributed by atoms with E-state index in [1.165, 1.54) is 4.90 Å². The molecule has 0 saturated carbocycles. The molecule has 0 radical (unpaired) electrons. The Hall–Kier alpha value is -1.63. The van der Waals surface area contributed by atoms with Gasteiger partial charge in [-0.2, -0.15) is 0 Å². The molecule has 1 aliphatic rings. The molecule has 23 heavy (non-hydrogen) atoms. The summed E-state index contributed by atoms with van der Waals surface area (Å²) >= 11 is 0. The third-order valence-electron chi connectivity index (χ3n) is 3.68. The van der Waals surface area contributed by atoms with Gasteiger partial charge >= 0.3 is 0 Å². The Morgan fingerprint density at radius 3 is 2.04 bits per heavy atom. The number of hydrogen-bond acceptors (Lipinski definition) is 4. The van der Waals surface area contributed by atoms with Crippen LogP contribution in [0, 0.1) is 5.92 Å². The van der Waals surface area contributed by atoms with Crippen molar-refractivity contribution < 1.29 is 19.5 Å². The van der Waals surface area contributed by atoms with Crippen molar-refractivity contribution in [3.8, 4) is 0 Å². The molecule has 7 nitrogen and oxygen atoms in total. The van der Waals surface area contributed by atoms with E-state index in [9.17, 15) is 9.59 Å². The summed E-state index contributed by atoms with van der Waals surface area (Å²) in [5.74, 6) is 0.249. The molecule has 0 aromatic rings. The van der Waals surface area contributed by atoms with Gasteiger partial charge in [0.1, 0.15) is 0 Å². The van der Waals surface area contributed by atoms with Crippen LogP contribution in [-0.4, -0.2) is 60.0 Å². The zero-order valence-electron chi connectivity index (χ0n) is 15.1. The SMILES string of the molecule is CN(C)C(=O)CNC(=O)CC1CC(C)(C)NC(C)(C)C1.O=CO. The Labute approximate surface area is 138 Å². The second-order valence-corrected chi connectivity index (χ2v) is 7.54. The van der Waals surface area contributed by atoms with Crippen LogP contribution in [-0.2, 0) is 14.4 Å². The van der Waals surface area contributed by atoms with E-state index in [0.29, 0.717) is 12.3 Å². The minimum absolute atomic E-state index is 0.0290. The first kappa shape index (κ1) is 21.4. The molecule has 0 aromatic carbocycles. The lowest BCUT2D eigenvalue weighted by atomic mass is 9.74. The summed E-state index contributed by atoms with van der Waals surface area (Å²) in [5.41, 5.74) is 0.0955. The molecule has 134 valence electrons. The third-order valence-corrected chi connectivity index (χ3v) is 3.68. The highest BCUT2D eigenvalue weighted by atomic mass is 16.3. The van der Waals surface area contributed by atoms with Gasteiger partial charge in [-0.15, -0.1) is 0 Å². The molecule has 1 fully saturated rings. The lowest BCUT2D eigenvalue weighted by molar-refractivity contribution is -0.131. The summed E-state index contributed by atoms with van der Waals surface area (Å²) in [5, 5.41) is 13.2. The number of amides is 2. The van der Waals surface area contributed by atoms with Gasteiger partial charge in [-0.05, 0) is 46.5 Å². The summed E-state index contributed by atoms with van der Waals surface area (Å²) < 4.78 is 0. The number of hydrogen-bond donors (Lipinski definition) is 3. The van der Waals surface area contributed by atoms with Gasteiger partial charge in [0, 0.05) is 31.6 Å². The highest BCUT2D eigenvalue weighted by Crippen LogP contribution is 2.34. The summed E-state index contributed by atoms with van der Waals surface area (Å²) in [7, 11) is 3.37. The Kier molecular flexibility index (Phi) is 8.23. The van der Waals surface area contributed by atoms with Gasteiger partial charge < -0.3 is 20.6 Å². The Balaban J connectivity index is 0.00000149. The van der Waals surface area contributed by atoms with Gasteiger partial charge in [-0.1, -0.05) is 0 Å². The van der Waals surface area contributed by atoms with Crippen molar-refractivity contribution in [2.75, 3.05) is 20.6 Å². The van der Waals surface area contributed by atoms with Crippen molar-refractivity contribution in [2.45, 2.75) is 58.0 Å². The monoisotopic (exact) mass is 329 g/mol. The van der Waals surface area contributed by atoms with Crippen LogP contribution in [0.1, 0.15) is 47.0 Å². The fraction of sp³-hybridized carbons (Fsp3) is 0.812. The van der Waals surface area contributed by atoms with Crippen molar-refractivity contribution in [1.29, 1.82) is 0 Å². The molecule has 3 N–H and O–H groups in total. The van der Waals surface area contributed by atoms with Gasteiger partial charge in [0.2, 0.25) is 11.8 Å². The number of carbonyl (C=O) groups excluding carboxylic acids is 2. The zero-order chi connectivity index (χ0) is 18.3. The van der Waals surface area contributed by atoms with Gasteiger partial charge in [0.25, 0.3) is 6.47 Å². The van der Waals surface area contributed by atoms with E-state index in [1.807, 2.05) is 0 Å². The molecule has 1 saturated heterocycles. The zero-order valence-corrected chi connectivity index (χ0v) is 15.1. The van der Waals surface area contributed by atoms with Crippen LogP contribution in [0.25, 0.3) is 0 Å². The Bertz CT molecular complexity index is 404. The van der Waals surface area contributed by atoms with Gasteiger partial charge in [0.05, 0.1) is 6.54 Å². The first-order valence-corrected chi connectivity index (χ1v) is 7.76. The van der Waals surface area contributed by atoms with E-state index in [-0.39, 0.29) is 35.9 Å². The fourth-order valence-electron chi connectivity index (χ4n) is 3.34. The molecule has 0 atom stereocenters. The quantitative estimate of drug-likeness (QED) is 0.664. The van der Waals surface area contributed by atoms with Crippen LogP contribution >= 0.6 is 0 Å². The number of nitrogens with zero attached hydrogens (tertiary/aromatic N) is 1. The summed E-state index contributed by atoms with van der Waals surface area (Å²) in [6.07, 6.45) is 2.45. The van der Waals surface area contributed by atoms with Crippen LogP contribution < -0.4 is 10.6 Å². The number of carboxylic acid groups (broad SMARTS) is 1. The second kappa shape index (κ2) is 8.86. The average molecular weight is 329 g/mol. The molecular weight excluding hydrogens is 298 g/mol. The molecule has 0 aromatic heterocycles. The molecule has 0 unspecified atom stereocenters. The van der Waals surface area contributed by atoms with E-state index >= 15 is 0 Å². The van der Waals surface area contributed by atoms with E-state index < -0.39 is 0 Å². The summed E-state index contributed by atoms with van der Waals surface area (Å²) in [4.78, 5) is 33.2. The Morgan fingerprint density at radius 2 is 1.65 bits per heavy atom. The minimum atomic E-state index is -0.250. The molecule has 0 bridgehead atoms. The lowest BCUT2D eigenvalue weighted by Gasteiger charge is -2.46. The maximum absolute atomic E-state index is 12.0. The number of nitrogens with one attached hydrogen (secondary N) is 2. The highest BCUT2D eigenvalue weighted by molar-refractivity contribution is 5.84. The first-order valence-electron chi connectivity index (χ1n) is 7.76. The standard InChI is InChI=1S/C15H29N3O2.CH2O2/c1-14(2)8-11(9-15(3,4)17-14)7-12(19)16-10-13(20)18(5)6;2-1-3/h11,17H,7-10H2,1-6H3,(H,16,19);1H,(H,2,3). The molecule has 0 aliphatic carbocycles. The predicted octanol–water partition coefficient (Wildman–Crippen LogP) is 0.839. The van der Waals surface area contributed by atoms with E-state index in [1.54, 1.807) is 14.1 Å². The Morgan fingerprint density at radius 1 is 1.22 bits per heavy atom. The molecule has 1 heterocycles. The predicted molar refractivity (Wildman–Crippen MR) is 89.0 cm³/mol. The van der Waals surface area contributed by atoms with Crippen LogP contribution in [0.5, 0.6) is 0 Å². The van der Waals surface area contributed by atoms with Crippen molar-refractivity contribution in [1.82, 2.24) is 15.5 Å². The second-order valence-electron chi connectivity index (χ2n) is 7.54. The topological polar surface area (TPSA) is 98.7 Å². The van der Waals surface area contributed by atoms with E-state index in [4.69, 9.17) is 9.90 Å². The van der Waals surface area contributed by atoms with E-state index in [2.05, 4.69) is 38.3 Å². The molecule has 2 amide bonds. The van der Waals surface area contributed by atoms with Crippen LogP contribution in [0.3, 0.4) is 0 Å². The number of carbonyl (C=O) groups is 3. The molecule has 1 aliphatic heterocycles. The van der Waals surface area contributed by atoms with E-state index in [0.717, 1.165) is 12.8 Å². The average Bonchev–Trinajstić information content (AvgIpc) is 2.32. The van der Waals surface area contributed by atoms with Crippen LogP contribution in [0.4, 0.5) is 0 Å². The van der Waals surface area contributed by atoms with Gasteiger partial charge in [0.15, 0.2) is 0 Å². The highest BCUT2D eigenvalue weighted by Gasteiger charge is 2.38. The van der Waals surface area contributed by atoms with Crippen LogP contribution in [0.15, 0.2) is 0 Å². The molecular formula is C16H31N3O4. The largest absolute Gasteiger partial charge is 0.483 e. The van der Waals surface area contributed by atoms with Crippen molar-refractivity contribution in [2.24, 2.45) is 5.92 Å². The lowest BCUT2D eigenvalue weighted by Crippen LogP contribution is -2.58. The third kappa shape index (κ3) is 9.18. The number of piperidine rings is 1. The number of likely N-dealkylation sites (N-methyl/N-ethyl adjacent to an activating group) is 1. The maximum atomic E-state index is 12.0.